The van der Waals surface area contributed by atoms with E-state index in [0.717, 1.165) is 16.3 Å². The van der Waals surface area contributed by atoms with Crippen LogP contribution < -0.4 is 5.32 Å². The molecular weight excluding hydrogens is 408 g/mol. The molecule has 0 amide bonds. The van der Waals surface area contributed by atoms with Gasteiger partial charge in [-0.15, -0.1) is 11.3 Å². The molecule has 2 aromatic heterocycles. The quantitative estimate of drug-likeness (QED) is 0.665. The first-order valence-electron chi connectivity index (χ1n) is 9.26. The molecule has 9 heteroatoms. The third kappa shape index (κ3) is 4.32. The van der Waals surface area contributed by atoms with Gasteiger partial charge < -0.3 is 10.1 Å². The zero-order valence-corrected chi connectivity index (χ0v) is 17.8. The van der Waals surface area contributed by atoms with Crippen molar-refractivity contribution in [3.05, 3.63) is 64.8 Å². The summed E-state index contributed by atoms with van der Waals surface area (Å²) in [5.74, 6) is 0.648. The number of hydrogen-bond acceptors (Lipinski definition) is 7. The number of rotatable bonds is 5. The van der Waals surface area contributed by atoms with Crippen LogP contribution in [-0.2, 0) is 14.8 Å². The number of sulfonamides is 1. The van der Waals surface area contributed by atoms with Crippen LogP contribution in [0.1, 0.15) is 22.9 Å². The van der Waals surface area contributed by atoms with E-state index in [1.165, 1.54) is 15.6 Å². The number of morpholine rings is 1. The molecule has 1 saturated heterocycles. The van der Waals surface area contributed by atoms with Gasteiger partial charge >= 0.3 is 0 Å². The van der Waals surface area contributed by atoms with Gasteiger partial charge in [-0.05, 0) is 49.2 Å². The van der Waals surface area contributed by atoms with E-state index in [1.807, 2.05) is 43.5 Å². The number of aromatic nitrogens is 2. The smallest absolute Gasteiger partial charge is 0.243 e. The molecule has 0 aliphatic carbocycles. The van der Waals surface area contributed by atoms with E-state index in [9.17, 15) is 8.42 Å². The normalized spacial score (nSPS) is 17.9. The summed E-state index contributed by atoms with van der Waals surface area (Å²) in [5, 5.41) is 5.78. The molecule has 3 heterocycles. The van der Waals surface area contributed by atoms with Gasteiger partial charge in [0.2, 0.25) is 10.0 Å². The van der Waals surface area contributed by atoms with Crippen LogP contribution in [0, 0.1) is 13.8 Å². The summed E-state index contributed by atoms with van der Waals surface area (Å²) in [6, 6.07) is 10.8. The lowest BCUT2D eigenvalue weighted by Crippen LogP contribution is -2.42. The van der Waals surface area contributed by atoms with E-state index in [0.29, 0.717) is 29.6 Å². The lowest BCUT2D eigenvalue weighted by molar-refractivity contribution is -0.00486. The van der Waals surface area contributed by atoms with Crippen LogP contribution in [0.15, 0.2) is 52.9 Å². The molecule has 152 valence electrons. The third-order valence-corrected chi connectivity index (χ3v) is 7.46. The van der Waals surface area contributed by atoms with Crippen molar-refractivity contribution in [1.29, 1.82) is 0 Å². The van der Waals surface area contributed by atoms with E-state index in [1.54, 1.807) is 18.3 Å². The molecule has 0 saturated carbocycles. The van der Waals surface area contributed by atoms with Crippen molar-refractivity contribution in [2.75, 3.05) is 25.0 Å². The molecule has 1 fully saturated rings. The number of aryl methyl sites for hydroxylation is 2. The minimum absolute atomic E-state index is 0.225. The predicted octanol–water partition coefficient (Wildman–Crippen LogP) is 3.66. The Hall–Kier alpha value is -2.33. The molecular formula is C20H22N4O3S2. The van der Waals surface area contributed by atoms with E-state index < -0.39 is 16.1 Å². The van der Waals surface area contributed by atoms with Gasteiger partial charge in [0.05, 0.1) is 17.2 Å². The first-order chi connectivity index (χ1) is 13.9. The number of anilines is 2. The third-order valence-electron chi connectivity index (χ3n) is 4.91. The highest BCUT2D eigenvalue weighted by atomic mass is 32.2. The Balaban J connectivity index is 1.54. The maximum Gasteiger partial charge on any atom is 0.243 e. The Morgan fingerprint density at radius 1 is 1.21 bits per heavy atom. The zero-order chi connectivity index (χ0) is 20.4. The summed E-state index contributed by atoms with van der Waals surface area (Å²) in [7, 11) is -3.59. The molecule has 29 heavy (non-hydrogen) atoms. The number of thiazole rings is 1. The zero-order valence-electron chi connectivity index (χ0n) is 16.2. The minimum atomic E-state index is -3.59. The fraction of sp³-hybridized carbons (Fsp3) is 0.300. The number of pyridine rings is 1. The maximum absolute atomic E-state index is 13.1. The van der Waals surface area contributed by atoms with Crippen LogP contribution in [0.3, 0.4) is 0 Å². The van der Waals surface area contributed by atoms with Crippen molar-refractivity contribution >= 4 is 32.3 Å². The summed E-state index contributed by atoms with van der Waals surface area (Å²) >= 11 is 1.48. The lowest BCUT2D eigenvalue weighted by Gasteiger charge is -2.32. The van der Waals surface area contributed by atoms with E-state index in [-0.39, 0.29) is 6.54 Å². The van der Waals surface area contributed by atoms with Gasteiger partial charge in [0.25, 0.3) is 0 Å². The molecule has 4 rings (SSSR count). The molecule has 0 spiro atoms. The second-order valence-corrected chi connectivity index (χ2v) is 9.71. The monoisotopic (exact) mass is 430 g/mol. The Labute approximate surface area is 174 Å². The van der Waals surface area contributed by atoms with Crippen LogP contribution >= 0.6 is 11.3 Å². The summed E-state index contributed by atoms with van der Waals surface area (Å²) in [6.45, 7) is 4.75. The number of nitrogens with zero attached hydrogens (tertiary/aromatic N) is 3. The van der Waals surface area contributed by atoms with Crippen LogP contribution in [0.5, 0.6) is 0 Å². The second-order valence-electron chi connectivity index (χ2n) is 6.88. The van der Waals surface area contributed by atoms with Crippen molar-refractivity contribution in [1.82, 2.24) is 14.3 Å². The van der Waals surface area contributed by atoms with Crippen LogP contribution in [0.4, 0.5) is 10.9 Å². The second kappa shape index (κ2) is 8.19. The molecule has 1 aliphatic rings. The maximum atomic E-state index is 13.1. The Kier molecular flexibility index (Phi) is 5.64. The van der Waals surface area contributed by atoms with Gasteiger partial charge in [0, 0.05) is 24.7 Å². The van der Waals surface area contributed by atoms with Gasteiger partial charge in [-0.3, -0.25) is 0 Å². The highest BCUT2D eigenvalue weighted by Gasteiger charge is 2.32. The predicted molar refractivity (Wildman–Crippen MR) is 113 cm³/mol. The molecule has 1 atom stereocenters. The SMILES string of the molecule is Cc1ccc(S(=O)(=O)N2CCOC(c3cccc(Nc4nccs4)n3)C2)cc1C. The minimum Gasteiger partial charge on any atom is -0.369 e. The number of nitrogens with one attached hydrogen (secondary N) is 1. The van der Waals surface area contributed by atoms with Crippen LogP contribution in [0.2, 0.25) is 0 Å². The van der Waals surface area contributed by atoms with Gasteiger partial charge in [0.1, 0.15) is 11.9 Å². The van der Waals surface area contributed by atoms with E-state index >= 15 is 0 Å². The first-order valence-corrected chi connectivity index (χ1v) is 11.6. The van der Waals surface area contributed by atoms with Crippen molar-refractivity contribution in [2.24, 2.45) is 0 Å². The highest BCUT2D eigenvalue weighted by Crippen LogP contribution is 2.27. The fourth-order valence-electron chi connectivity index (χ4n) is 3.14. The summed E-state index contributed by atoms with van der Waals surface area (Å²) in [6.07, 6.45) is 1.29. The number of benzene rings is 1. The van der Waals surface area contributed by atoms with Gasteiger partial charge in [-0.1, -0.05) is 12.1 Å². The van der Waals surface area contributed by atoms with E-state index in [4.69, 9.17) is 4.74 Å². The Morgan fingerprint density at radius 3 is 2.83 bits per heavy atom. The summed E-state index contributed by atoms with van der Waals surface area (Å²) in [4.78, 5) is 9.10. The van der Waals surface area contributed by atoms with Gasteiger partial charge in [0.15, 0.2) is 5.13 Å². The molecule has 7 nitrogen and oxygen atoms in total. The van der Waals surface area contributed by atoms with Crippen molar-refractivity contribution in [2.45, 2.75) is 24.8 Å². The van der Waals surface area contributed by atoms with Gasteiger partial charge in [-0.2, -0.15) is 4.31 Å². The molecule has 0 bridgehead atoms. The molecule has 1 N–H and O–H groups in total. The molecule has 1 aromatic carbocycles. The summed E-state index contributed by atoms with van der Waals surface area (Å²) < 4.78 is 33.6. The van der Waals surface area contributed by atoms with Crippen LogP contribution in [0.25, 0.3) is 0 Å². The molecule has 1 aliphatic heterocycles. The molecule has 0 radical (unpaired) electrons. The number of hydrogen-bond donors (Lipinski definition) is 1. The van der Waals surface area contributed by atoms with Crippen molar-refractivity contribution in [3.8, 4) is 0 Å². The average Bonchev–Trinajstić information content (AvgIpc) is 3.23. The first kappa shape index (κ1) is 20.0. The topological polar surface area (TPSA) is 84.4 Å². The fourth-order valence-corrected chi connectivity index (χ4v) is 5.19. The average molecular weight is 431 g/mol. The van der Waals surface area contributed by atoms with E-state index in [2.05, 4.69) is 15.3 Å². The van der Waals surface area contributed by atoms with Crippen molar-refractivity contribution in [3.63, 3.8) is 0 Å². The highest BCUT2D eigenvalue weighted by molar-refractivity contribution is 7.89. The largest absolute Gasteiger partial charge is 0.369 e. The molecule has 1 unspecified atom stereocenters. The Bertz CT molecular complexity index is 1100. The lowest BCUT2D eigenvalue weighted by atomic mass is 10.1. The van der Waals surface area contributed by atoms with Crippen molar-refractivity contribution < 1.29 is 13.2 Å². The number of ether oxygens (including phenoxy) is 1. The van der Waals surface area contributed by atoms with Gasteiger partial charge in [-0.25, -0.2) is 18.4 Å². The standard InChI is InChI=1S/C20H22N4O3S2/c1-14-6-7-16(12-15(14)2)29(25,26)24-9-10-27-18(13-24)17-4-3-5-19(22-17)23-20-21-8-11-28-20/h3-8,11-12,18H,9-10,13H2,1-2H3,(H,21,22,23). The van der Waals surface area contributed by atoms with Crippen LogP contribution in [-0.4, -0.2) is 42.4 Å². The summed E-state index contributed by atoms with van der Waals surface area (Å²) in [5.41, 5.74) is 2.71. The molecule has 3 aromatic rings. The Morgan fingerprint density at radius 2 is 2.07 bits per heavy atom.